The van der Waals surface area contributed by atoms with Crippen LogP contribution < -0.4 is 29.0 Å². The summed E-state index contributed by atoms with van der Waals surface area (Å²) in [6, 6.07) is 7.99. The van der Waals surface area contributed by atoms with Crippen LogP contribution in [0.4, 0.5) is 5.69 Å². The highest BCUT2D eigenvalue weighted by molar-refractivity contribution is 6.26. The van der Waals surface area contributed by atoms with E-state index in [-0.39, 0.29) is 11.6 Å². The number of halogens is 1. The first-order chi connectivity index (χ1) is 14.4. The number of carbonyl (C=O) groups excluding carboxylic acids is 2. The van der Waals surface area contributed by atoms with Crippen LogP contribution in [0.2, 0.25) is 0 Å². The van der Waals surface area contributed by atoms with E-state index >= 15 is 0 Å². The average Bonchev–Trinajstić information content (AvgIpc) is 2.77. The molecule has 2 aromatic carbocycles. The molecule has 0 bridgehead atoms. The number of ether oxygens (including phenoxy) is 5. The number of alkyl halides is 1. The number of rotatable bonds is 9. The number of hydrogen-bond acceptors (Lipinski definition) is 7. The van der Waals surface area contributed by atoms with Gasteiger partial charge < -0.3 is 29.0 Å². The second kappa shape index (κ2) is 11.0. The molecule has 0 spiro atoms. The van der Waals surface area contributed by atoms with E-state index in [0.717, 1.165) is 0 Å². The van der Waals surface area contributed by atoms with Gasteiger partial charge in [0.25, 0.3) is 0 Å². The molecule has 1 N–H and O–H groups in total. The monoisotopic (exact) mass is 435 g/mol. The molecular formula is C21H22ClNO7. The molecule has 0 aliphatic rings. The molecule has 1 amide bonds. The van der Waals surface area contributed by atoms with Crippen molar-refractivity contribution >= 4 is 35.2 Å². The lowest BCUT2D eigenvalue weighted by molar-refractivity contribution is -0.131. The summed E-state index contributed by atoms with van der Waals surface area (Å²) >= 11 is 5.47. The summed E-state index contributed by atoms with van der Waals surface area (Å²) in [7, 11) is 5.98. The van der Waals surface area contributed by atoms with Gasteiger partial charge in [-0.25, -0.2) is 0 Å². The highest BCUT2D eigenvalue weighted by Gasteiger charge is 2.13. The van der Waals surface area contributed by atoms with Gasteiger partial charge in [-0.05, 0) is 18.2 Å². The van der Waals surface area contributed by atoms with Gasteiger partial charge in [0.05, 0.1) is 34.0 Å². The lowest BCUT2D eigenvalue weighted by Crippen LogP contribution is -2.11. The largest absolute Gasteiger partial charge is 0.496 e. The summed E-state index contributed by atoms with van der Waals surface area (Å²) in [5.74, 6) is 0.617. The zero-order chi connectivity index (χ0) is 22.1. The zero-order valence-electron chi connectivity index (χ0n) is 17.0. The Morgan fingerprint density at radius 2 is 1.53 bits per heavy atom. The lowest BCUT2D eigenvalue weighted by Gasteiger charge is -2.12. The Morgan fingerprint density at radius 3 is 2.07 bits per heavy atom. The summed E-state index contributed by atoms with van der Waals surface area (Å²) in [5, 5.41) is 2.68. The Kier molecular flexibility index (Phi) is 8.37. The lowest BCUT2D eigenvalue weighted by atomic mass is 10.1. The van der Waals surface area contributed by atoms with Crippen molar-refractivity contribution in [3.63, 3.8) is 0 Å². The van der Waals surface area contributed by atoms with Gasteiger partial charge in [0.2, 0.25) is 5.91 Å². The van der Waals surface area contributed by atoms with Gasteiger partial charge in [-0.2, -0.15) is 0 Å². The van der Waals surface area contributed by atoms with Crippen molar-refractivity contribution in [1.82, 2.24) is 0 Å². The number of amides is 1. The number of benzene rings is 2. The van der Waals surface area contributed by atoms with Crippen LogP contribution in [-0.4, -0.2) is 46.2 Å². The number of carbonyl (C=O) groups is 2. The molecule has 0 saturated heterocycles. The van der Waals surface area contributed by atoms with Crippen molar-refractivity contribution in [2.24, 2.45) is 0 Å². The van der Waals surface area contributed by atoms with Crippen molar-refractivity contribution in [2.75, 3.05) is 39.6 Å². The minimum atomic E-state index is -0.642. The maximum Gasteiger partial charge on any atom is 0.326 e. The second-order valence-electron chi connectivity index (χ2n) is 5.74. The van der Waals surface area contributed by atoms with Crippen LogP contribution in [0, 0.1) is 0 Å². The van der Waals surface area contributed by atoms with Gasteiger partial charge in [0, 0.05) is 30.0 Å². The van der Waals surface area contributed by atoms with Crippen molar-refractivity contribution in [2.45, 2.75) is 0 Å². The summed E-state index contributed by atoms with van der Waals surface area (Å²) in [6.07, 6.45) is 2.88. The van der Waals surface area contributed by atoms with Crippen molar-refractivity contribution < 1.29 is 33.3 Å². The van der Waals surface area contributed by atoms with E-state index in [1.807, 2.05) is 0 Å². The highest BCUT2D eigenvalue weighted by Crippen LogP contribution is 2.35. The van der Waals surface area contributed by atoms with E-state index in [2.05, 4.69) is 5.32 Å². The first-order valence-electron chi connectivity index (χ1n) is 8.69. The summed E-state index contributed by atoms with van der Waals surface area (Å²) in [5.41, 5.74) is 0.971. The molecule has 0 fully saturated rings. The molecule has 8 nitrogen and oxygen atoms in total. The summed E-state index contributed by atoms with van der Waals surface area (Å²) in [4.78, 5) is 23.9. The molecule has 2 rings (SSSR count). The predicted octanol–water partition coefficient (Wildman–Crippen LogP) is 3.52. The first kappa shape index (κ1) is 22.9. The number of nitrogens with one attached hydrogen (secondary N) is 1. The topological polar surface area (TPSA) is 92.3 Å². The normalized spacial score (nSPS) is 10.4. The molecule has 0 aromatic heterocycles. The van der Waals surface area contributed by atoms with E-state index in [4.69, 9.17) is 35.3 Å². The van der Waals surface area contributed by atoms with Crippen LogP contribution in [0.1, 0.15) is 5.56 Å². The molecule has 30 heavy (non-hydrogen) atoms. The maximum absolute atomic E-state index is 12.4. The van der Waals surface area contributed by atoms with E-state index < -0.39 is 11.9 Å². The molecule has 0 aliphatic heterocycles. The van der Waals surface area contributed by atoms with Gasteiger partial charge >= 0.3 is 5.97 Å². The van der Waals surface area contributed by atoms with E-state index in [1.54, 1.807) is 30.3 Å². The van der Waals surface area contributed by atoms with Crippen molar-refractivity contribution in [3.05, 3.63) is 42.0 Å². The Hall–Kier alpha value is -3.39. The van der Waals surface area contributed by atoms with Crippen molar-refractivity contribution in [1.29, 1.82) is 0 Å². The zero-order valence-corrected chi connectivity index (χ0v) is 17.7. The third-order valence-electron chi connectivity index (χ3n) is 3.92. The van der Waals surface area contributed by atoms with Gasteiger partial charge in [0.1, 0.15) is 23.1 Å². The van der Waals surface area contributed by atoms with Gasteiger partial charge in [-0.3, -0.25) is 9.59 Å². The second-order valence-corrected chi connectivity index (χ2v) is 6.01. The number of hydrogen-bond donors (Lipinski definition) is 1. The Balaban J connectivity index is 2.22. The smallest absolute Gasteiger partial charge is 0.326 e. The fraction of sp³-hybridized carbons (Fsp3) is 0.238. The third-order valence-corrected chi connectivity index (χ3v) is 4.14. The molecule has 0 radical (unpaired) electrons. The predicted molar refractivity (Wildman–Crippen MR) is 113 cm³/mol. The quantitative estimate of drug-likeness (QED) is 0.279. The fourth-order valence-electron chi connectivity index (χ4n) is 2.52. The number of methoxy groups -OCH3 is 4. The Labute approximate surface area is 179 Å². The van der Waals surface area contributed by atoms with Crippen LogP contribution in [0.15, 0.2) is 36.4 Å². The van der Waals surface area contributed by atoms with Crippen LogP contribution in [0.3, 0.4) is 0 Å². The summed E-state index contributed by atoms with van der Waals surface area (Å²) in [6.45, 7) is 0. The molecule has 160 valence electrons. The van der Waals surface area contributed by atoms with Crippen LogP contribution >= 0.6 is 11.6 Å². The minimum Gasteiger partial charge on any atom is -0.496 e. The molecule has 2 aromatic rings. The number of esters is 1. The Bertz CT molecular complexity index is 918. The van der Waals surface area contributed by atoms with E-state index in [0.29, 0.717) is 34.2 Å². The third kappa shape index (κ3) is 5.81. The van der Waals surface area contributed by atoms with E-state index in [9.17, 15) is 9.59 Å². The standard InChI is InChI=1S/C21H22ClNO7/c1-26-14-10-17(28-3)15(18(11-14)29-4)6-8-20(24)23-13-5-7-16(27-2)19(9-13)30-21(25)12-22/h5-11H,12H2,1-4H3,(H,23,24). The number of anilines is 1. The SMILES string of the molecule is COc1cc(OC)c(C=CC(=O)Nc2ccc(OC)c(OC(=O)CCl)c2)c(OC)c1. The molecule has 0 unspecified atom stereocenters. The first-order valence-corrected chi connectivity index (χ1v) is 9.22. The van der Waals surface area contributed by atoms with Crippen LogP contribution in [0.25, 0.3) is 6.08 Å². The summed E-state index contributed by atoms with van der Waals surface area (Å²) < 4.78 is 26.2. The molecule has 0 atom stereocenters. The average molecular weight is 436 g/mol. The molecule has 0 saturated carbocycles. The molecule has 0 heterocycles. The van der Waals surface area contributed by atoms with Crippen LogP contribution in [0.5, 0.6) is 28.7 Å². The Morgan fingerprint density at radius 1 is 0.900 bits per heavy atom. The highest BCUT2D eigenvalue weighted by atomic mass is 35.5. The van der Waals surface area contributed by atoms with Gasteiger partial charge in [0.15, 0.2) is 11.5 Å². The molecule has 0 aliphatic carbocycles. The van der Waals surface area contributed by atoms with Crippen LogP contribution in [-0.2, 0) is 9.59 Å². The van der Waals surface area contributed by atoms with Gasteiger partial charge in [-0.15, -0.1) is 11.6 Å². The minimum absolute atomic E-state index is 0.142. The van der Waals surface area contributed by atoms with Gasteiger partial charge in [-0.1, -0.05) is 0 Å². The molecule has 9 heteroatoms. The van der Waals surface area contributed by atoms with Crippen molar-refractivity contribution in [3.8, 4) is 28.7 Å². The fourth-order valence-corrected chi connectivity index (χ4v) is 2.58. The molecular weight excluding hydrogens is 414 g/mol. The van der Waals surface area contributed by atoms with E-state index in [1.165, 1.54) is 40.6 Å². The maximum atomic E-state index is 12.4.